The summed E-state index contributed by atoms with van der Waals surface area (Å²) in [5.41, 5.74) is 3.09. The molecule has 2 fully saturated rings. The van der Waals surface area contributed by atoms with Crippen LogP contribution in [0.15, 0.2) is 94.7 Å². The van der Waals surface area contributed by atoms with Gasteiger partial charge in [0.2, 0.25) is 0 Å². The number of aliphatic hydroxyl groups is 1. The van der Waals surface area contributed by atoms with Gasteiger partial charge >= 0.3 is 12.4 Å². The molecule has 4 aromatic carbocycles. The highest BCUT2D eigenvalue weighted by Crippen LogP contribution is 2.34. The number of aliphatic hydroxyl groups excluding tert-OH is 1. The number of anilines is 4. The third-order valence-electron chi connectivity index (χ3n) is 12.8. The van der Waals surface area contributed by atoms with Gasteiger partial charge in [-0.25, -0.2) is 25.6 Å². The summed E-state index contributed by atoms with van der Waals surface area (Å²) in [7, 11) is -1.20. The van der Waals surface area contributed by atoms with E-state index in [-0.39, 0.29) is 54.8 Å². The molecule has 6 N–H and O–H groups in total. The van der Waals surface area contributed by atoms with Crippen LogP contribution >= 0.6 is 0 Å². The quantitative estimate of drug-likeness (QED) is 0.0450. The SMILES string of the molecule is C.CO.COc1cc(S(C)(=O)=O)ccc1NCC#Cc1cc2c(NC3CCN(C)CC3F)cccc2n1CC(F)(F)F.COc1cc(S(C)(=O)=O)ccc1NCC#Cc1cc2c(NC3CCNCC3F)cccc2n1CC(F)(F)F. The molecule has 6 aromatic rings. The van der Waals surface area contributed by atoms with Crippen molar-refractivity contribution in [2.45, 2.75) is 79.9 Å². The Labute approximate surface area is 461 Å². The fourth-order valence-electron chi connectivity index (χ4n) is 8.97. The number of piperidine rings is 2. The second kappa shape index (κ2) is 27.5. The van der Waals surface area contributed by atoms with E-state index >= 15 is 0 Å². The molecule has 0 amide bonds. The minimum Gasteiger partial charge on any atom is -0.495 e. The molecule has 4 unspecified atom stereocenters. The maximum Gasteiger partial charge on any atom is 0.406 e. The molecule has 25 heteroatoms. The molecular formula is C55H66F8N8O7S2. The summed E-state index contributed by atoms with van der Waals surface area (Å²) in [6, 6.07) is 20.9. The molecule has 80 heavy (non-hydrogen) atoms. The van der Waals surface area contributed by atoms with Gasteiger partial charge in [0, 0.05) is 73.5 Å². The molecule has 4 atom stereocenters. The number of aromatic nitrogens is 2. The van der Waals surface area contributed by atoms with E-state index in [0.717, 1.165) is 28.8 Å². The highest BCUT2D eigenvalue weighted by atomic mass is 32.2. The first kappa shape index (κ1) is 63.9. The molecule has 0 bridgehead atoms. The van der Waals surface area contributed by atoms with Crippen molar-refractivity contribution in [3.8, 4) is 35.2 Å². The zero-order chi connectivity index (χ0) is 57.9. The number of alkyl halides is 8. The van der Waals surface area contributed by atoms with E-state index < -0.39 is 69.5 Å². The number of hydrogen-bond donors (Lipinski definition) is 6. The van der Waals surface area contributed by atoms with Gasteiger partial charge in [-0.1, -0.05) is 31.4 Å². The number of halogens is 8. The van der Waals surface area contributed by atoms with Crippen LogP contribution in [0.3, 0.4) is 0 Å². The van der Waals surface area contributed by atoms with Gasteiger partial charge in [-0.2, -0.15) is 26.3 Å². The Kier molecular flexibility index (Phi) is 22.0. The fraction of sp³-hybridized carbons (Fsp3) is 0.418. The van der Waals surface area contributed by atoms with Crippen molar-refractivity contribution in [2.24, 2.45) is 0 Å². The van der Waals surface area contributed by atoms with Gasteiger partial charge in [0.15, 0.2) is 19.7 Å². The normalized spacial score (nSPS) is 17.6. The zero-order valence-corrected chi connectivity index (χ0v) is 45.7. The van der Waals surface area contributed by atoms with E-state index in [4.69, 9.17) is 14.6 Å². The van der Waals surface area contributed by atoms with E-state index in [2.05, 4.69) is 50.3 Å². The number of nitrogens with zero attached hydrogens (tertiary/aromatic N) is 3. The Morgan fingerprint density at radius 1 is 0.650 bits per heavy atom. The number of fused-ring (bicyclic) bond motifs is 2. The summed E-state index contributed by atoms with van der Waals surface area (Å²) >= 11 is 0. The van der Waals surface area contributed by atoms with Crippen LogP contribution in [-0.2, 0) is 32.8 Å². The minimum atomic E-state index is -4.48. The van der Waals surface area contributed by atoms with Crippen LogP contribution in [0.2, 0.25) is 0 Å². The lowest BCUT2D eigenvalue weighted by atomic mass is 10.0. The molecule has 15 nitrogen and oxygen atoms in total. The second-order valence-corrected chi connectivity index (χ2v) is 22.6. The Bertz CT molecular complexity index is 3440. The Balaban J connectivity index is 0.000000282. The van der Waals surface area contributed by atoms with Crippen molar-refractivity contribution < 1.29 is 66.5 Å². The second-order valence-electron chi connectivity index (χ2n) is 18.6. The van der Waals surface area contributed by atoms with Crippen LogP contribution < -0.4 is 36.1 Å². The van der Waals surface area contributed by atoms with Gasteiger partial charge in [0.05, 0.1) is 83.0 Å². The molecule has 2 aliphatic rings. The molecule has 8 rings (SSSR count). The lowest BCUT2D eigenvalue weighted by Crippen LogP contribution is -2.46. The maximum atomic E-state index is 14.6. The van der Waals surface area contributed by atoms with Crippen LogP contribution in [0.1, 0.15) is 31.7 Å². The van der Waals surface area contributed by atoms with Gasteiger partial charge < -0.3 is 55.2 Å². The van der Waals surface area contributed by atoms with Crippen molar-refractivity contribution >= 4 is 64.2 Å². The number of methoxy groups -OCH3 is 2. The number of hydrogen-bond acceptors (Lipinski definition) is 13. The van der Waals surface area contributed by atoms with Crippen LogP contribution in [0, 0.1) is 23.7 Å². The maximum absolute atomic E-state index is 14.6. The molecule has 2 saturated heterocycles. The van der Waals surface area contributed by atoms with Crippen molar-refractivity contribution in [1.29, 1.82) is 0 Å². The van der Waals surface area contributed by atoms with E-state index in [1.165, 1.54) is 50.6 Å². The number of nitrogens with one attached hydrogen (secondary N) is 5. The highest BCUT2D eigenvalue weighted by molar-refractivity contribution is 7.91. The number of benzene rings is 4. The minimum absolute atomic E-state index is 0. The van der Waals surface area contributed by atoms with Gasteiger partial charge in [-0.15, -0.1) is 0 Å². The van der Waals surface area contributed by atoms with Gasteiger partial charge in [0.25, 0.3) is 0 Å². The first-order chi connectivity index (χ1) is 37.3. The Morgan fingerprint density at radius 3 is 1.48 bits per heavy atom. The van der Waals surface area contributed by atoms with Crippen LogP contribution in [0.25, 0.3) is 21.8 Å². The number of ether oxygens (including phenoxy) is 2. The predicted molar refractivity (Wildman–Crippen MR) is 298 cm³/mol. The summed E-state index contributed by atoms with van der Waals surface area (Å²) < 4.78 is 170. The van der Waals surface area contributed by atoms with E-state index in [9.17, 15) is 52.0 Å². The lowest BCUT2D eigenvalue weighted by Gasteiger charge is -2.33. The Morgan fingerprint density at radius 2 is 1.09 bits per heavy atom. The Hall–Kier alpha value is -6.90. The molecule has 0 aliphatic carbocycles. The molecule has 0 radical (unpaired) electrons. The fourth-order valence-corrected chi connectivity index (χ4v) is 10.2. The van der Waals surface area contributed by atoms with Crippen molar-refractivity contribution in [3.63, 3.8) is 0 Å². The first-order valence-corrected chi connectivity index (χ1v) is 28.3. The summed E-state index contributed by atoms with van der Waals surface area (Å²) in [5.74, 6) is 11.9. The molecule has 2 aliphatic heterocycles. The van der Waals surface area contributed by atoms with Gasteiger partial charge in [-0.3, -0.25) is 0 Å². The number of rotatable bonds is 14. The highest BCUT2D eigenvalue weighted by Gasteiger charge is 2.33. The molecule has 0 spiro atoms. The zero-order valence-electron chi connectivity index (χ0n) is 44.0. The summed E-state index contributed by atoms with van der Waals surface area (Å²) in [6.45, 7) is -0.459. The third-order valence-corrected chi connectivity index (χ3v) is 15.0. The summed E-state index contributed by atoms with van der Waals surface area (Å²) in [4.78, 5) is 2.09. The third kappa shape index (κ3) is 17.1. The van der Waals surface area contributed by atoms with Gasteiger partial charge in [-0.05, 0) is 98.9 Å². The average Bonchev–Trinajstić information content (AvgIpc) is 3.94. The van der Waals surface area contributed by atoms with E-state index in [1.54, 1.807) is 48.5 Å². The first-order valence-electron chi connectivity index (χ1n) is 24.6. The van der Waals surface area contributed by atoms with E-state index in [0.29, 0.717) is 82.0 Å². The van der Waals surface area contributed by atoms with E-state index in [1.807, 2.05) is 11.9 Å². The van der Waals surface area contributed by atoms with Crippen molar-refractivity contribution in [1.82, 2.24) is 19.4 Å². The van der Waals surface area contributed by atoms with Crippen LogP contribution in [0.5, 0.6) is 11.5 Å². The monoisotopic (exact) mass is 1170 g/mol. The number of sulfone groups is 2. The molecule has 0 saturated carbocycles. The van der Waals surface area contributed by atoms with Crippen molar-refractivity contribution in [3.05, 3.63) is 96.3 Å². The van der Waals surface area contributed by atoms with Crippen molar-refractivity contribution in [2.75, 3.05) is 101 Å². The summed E-state index contributed by atoms with van der Waals surface area (Å²) in [6.07, 6.45) is -7.88. The molecule has 4 heterocycles. The largest absolute Gasteiger partial charge is 0.495 e. The van der Waals surface area contributed by atoms with Crippen LogP contribution in [0.4, 0.5) is 57.9 Å². The topological polar surface area (TPSA) is 180 Å². The van der Waals surface area contributed by atoms with Crippen LogP contribution in [-0.4, -0.2) is 153 Å². The number of likely N-dealkylation sites (tertiary alicyclic amines) is 1. The molecule has 2 aromatic heterocycles. The smallest absolute Gasteiger partial charge is 0.406 e. The van der Waals surface area contributed by atoms with Gasteiger partial charge in [0.1, 0.15) is 36.9 Å². The lowest BCUT2D eigenvalue weighted by molar-refractivity contribution is -0.140. The average molecular weight is 1170 g/mol. The summed E-state index contributed by atoms with van der Waals surface area (Å²) in [5, 5.41) is 23.4. The predicted octanol–water partition coefficient (Wildman–Crippen LogP) is 8.97. The molecular weight excluding hydrogens is 1100 g/mol. The standard InChI is InChI=1S/C27H30F4N4O3S.C26H28F4N4O3S.CH4O.CH4/c1-34-13-11-23(21(28)16-34)33-22-7-4-8-25-20(22)14-18(35(25)17-27(29,30)31)6-5-12-32-24-10-9-19(39(3,36)37)15-26(24)38-2;1-37-25-14-18(38(2,35)36)8-9-23(25)32-11-4-5-17-13-19-21(33-22-10-12-31-15-20(22)27)6-3-7-24(19)34(17)16-26(28,29)30;1-2;/h4,7-10,14-15,21,23,32-33H,11-13,16-17H2,1-3H3;3,6-9,13-14,20,22,31-33H,10-12,15-16H2,1-2H3;2H,1H3;1H4. The molecule has 436 valence electrons.